The molecule has 2 unspecified atom stereocenters. The van der Waals surface area contributed by atoms with Crippen LogP contribution in [0.3, 0.4) is 0 Å². The molecule has 2 aliphatic heterocycles. The Bertz CT molecular complexity index is 482. The van der Waals surface area contributed by atoms with E-state index in [1.165, 1.54) is 8.61 Å². The molecule has 9 heteroatoms. The smallest absolute Gasteiger partial charge is 0.282 e. The Hall–Kier alpha value is -0.740. The van der Waals surface area contributed by atoms with Gasteiger partial charge in [-0.25, -0.2) is 0 Å². The fraction of sp³-hybridized carbons (Fsp3) is 0.923. The molecule has 22 heavy (non-hydrogen) atoms. The normalized spacial score (nSPS) is 25.0. The Morgan fingerprint density at radius 1 is 1.00 bits per heavy atom. The summed E-state index contributed by atoms with van der Waals surface area (Å²) in [6, 6.07) is -0.206. The number of piperazine rings is 1. The number of nitrogens with two attached hydrogens (primary N) is 1. The van der Waals surface area contributed by atoms with Crippen molar-refractivity contribution in [2.45, 2.75) is 19.9 Å². The van der Waals surface area contributed by atoms with Crippen LogP contribution in [0.15, 0.2) is 0 Å². The van der Waals surface area contributed by atoms with E-state index >= 15 is 0 Å². The van der Waals surface area contributed by atoms with E-state index in [9.17, 15) is 13.2 Å². The van der Waals surface area contributed by atoms with Gasteiger partial charge in [-0.15, -0.1) is 0 Å². The summed E-state index contributed by atoms with van der Waals surface area (Å²) in [5, 5.41) is 0. The van der Waals surface area contributed by atoms with E-state index in [2.05, 4.69) is 0 Å². The first-order chi connectivity index (χ1) is 10.3. The number of hydrogen-bond acceptors (Lipinski definition) is 5. The van der Waals surface area contributed by atoms with Crippen LogP contribution in [-0.4, -0.2) is 86.4 Å². The van der Waals surface area contributed by atoms with Crippen LogP contribution in [0.2, 0.25) is 0 Å². The van der Waals surface area contributed by atoms with Crippen molar-refractivity contribution < 1.29 is 17.9 Å². The molecule has 2 rings (SSSR count). The molecule has 2 aliphatic rings. The molecule has 2 fully saturated rings. The molecule has 1 amide bonds. The minimum absolute atomic E-state index is 0.00146. The van der Waals surface area contributed by atoms with Crippen molar-refractivity contribution in [1.82, 2.24) is 13.5 Å². The molecule has 0 aliphatic carbocycles. The van der Waals surface area contributed by atoms with Gasteiger partial charge in [0.25, 0.3) is 10.2 Å². The number of nitrogens with zero attached hydrogens (tertiary/aromatic N) is 3. The molecule has 8 nitrogen and oxygen atoms in total. The molecule has 2 atom stereocenters. The van der Waals surface area contributed by atoms with Crippen LogP contribution in [0.4, 0.5) is 0 Å². The lowest BCUT2D eigenvalue weighted by Gasteiger charge is -2.38. The van der Waals surface area contributed by atoms with Crippen LogP contribution >= 0.6 is 0 Å². The lowest BCUT2D eigenvalue weighted by atomic mass is 10.0. The summed E-state index contributed by atoms with van der Waals surface area (Å²) in [4.78, 5) is 14.0. The van der Waals surface area contributed by atoms with Crippen molar-refractivity contribution in [3.05, 3.63) is 0 Å². The number of carbonyl (C=O) groups is 1. The van der Waals surface area contributed by atoms with Crippen molar-refractivity contribution in [2.75, 3.05) is 52.5 Å². The molecule has 2 N–H and O–H groups in total. The third kappa shape index (κ3) is 3.77. The summed E-state index contributed by atoms with van der Waals surface area (Å²) < 4.78 is 33.2. The summed E-state index contributed by atoms with van der Waals surface area (Å²) in [5.74, 6) is -0.249. The van der Waals surface area contributed by atoms with Gasteiger partial charge in [0.1, 0.15) is 0 Å². The van der Waals surface area contributed by atoms with E-state index in [0.29, 0.717) is 52.5 Å². The third-order valence-corrected chi connectivity index (χ3v) is 6.39. The molecule has 0 spiro atoms. The van der Waals surface area contributed by atoms with E-state index in [1.54, 1.807) is 4.90 Å². The maximum Gasteiger partial charge on any atom is 0.282 e. The van der Waals surface area contributed by atoms with Crippen molar-refractivity contribution in [3.8, 4) is 0 Å². The third-order valence-electron chi connectivity index (χ3n) is 4.35. The lowest BCUT2D eigenvalue weighted by molar-refractivity contribution is -0.136. The topological polar surface area (TPSA) is 96.2 Å². The number of ether oxygens (including phenoxy) is 1. The highest BCUT2D eigenvalue weighted by molar-refractivity contribution is 7.86. The monoisotopic (exact) mass is 334 g/mol. The molecule has 2 heterocycles. The van der Waals surface area contributed by atoms with E-state index in [-0.39, 0.29) is 17.9 Å². The van der Waals surface area contributed by atoms with Gasteiger partial charge in [0.05, 0.1) is 19.1 Å². The Morgan fingerprint density at radius 2 is 1.50 bits per heavy atom. The Morgan fingerprint density at radius 3 is 2.00 bits per heavy atom. The van der Waals surface area contributed by atoms with Gasteiger partial charge in [-0.3, -0.25) is 4.79 Å². The van der Waals surface area contributed by atoms with Crippen molar-refractivity contribution in [3.63, 3.8) is 0 Å². The van der Waals surface area contributed by atoms with E-state index in [0.717, 1.165) is 0 Å². The van der Waals surface area contributed by atoms with Gasteiger partial charge < -0.3 is 15.4 Å². The largest absolute Gasteiger partial charge is 0.379 e. The molecular formula is C13H26N4O4S. The summed E-state index contributed by atoms with van der Waals surface area (Å²) >= 11 is 0. The van der Waals surface area contributed by atoms with Gasteiger partial charge in [0.2, 0.25) is 5.91 Å². The van der Waals surface area contributed by atoms with Crippen molar-refractivity contribution in [2.24, 2.45) is 11.7 Å². The highest BCUT2D eigenvalue weighted by Gasteiger charge is 2.35. The first-order valence-electron chi connectivity index (χ1n) is 7.71. The van der Waals surface area contributed by atoms with Crippen molar-refractivity contribution >= 4 is 16.1 Å². The zero-order valence-corrected chi connectivity index (χ0v) is 14.1. The quantitative estimate of drug-likeness (QED) is 0.689. The van der Waals surface area contributed by atoms with E-state index in [4.69, 9.17) is 10.5 Å². The number of hydrogen-bond donors (Lipinski definition) is 1. The first kappa shape index (κ1) is 17.6. The second kappa shape index (κ2) is 7.22. The standard InChI is InChI=1S/C13H26N4O4S/c1-11(12(2)14)13(18)15-3-5-16(6-4-15)22(19,20)17-7-9-21-10-8-17/h11-12H,3-10,14H2,1-2H3. The molecule has 2 saturated heterocycles. The molecule has 0 aromatic rings. The zero-order valence-electron chi connectivity index (χ0n) is 13.3. The molecule has 128 valence electrons. The molecular weight excluding hydrogens is 308 g/mol. The number of rotatable bonds is 4. The average Bonchev–Trinajstić information content (AvgIpc) is 2.54. The fourth-order valence-corrected chi connectivity index (χ4v) is 4.15. The summed E-state index contributed by atoms with van der Waals surface area (Å²) in [7, 11) is -3.45. The zero-order chi connectivity index (χ0) is 16.3. The van der Waals surface area contributed by atoms with E-state index < -0.39 is 10.2 Å². The van der Waals surface area contributed by atoms with Gasteiger partial charge in [-0.2, -0.15) is 17.0 Å². The second-order valence-electron chi connectivity index (χ2n) is 5.89. The van der Waals surface area contributed by atoms with Crippen LogP contribution in [0.5, 0.6) is 0 Å². The predicted molar refractivity (Wildman–Crippen MR) is 82.3 cm³/mol. The molecule has 0 bridgehead atoms. The van der Waals surface area contributed by atoms with Gasteiger partial charge in [-0.1, -0.05) is 6.92 Å². The summed E-state index contributed by atoms with van der Waals surface area (Å²) in [6.45, 7) is 6.76. The minimum atomic E-state index is -3.45. The Balaban J connectivity index is 1.92. The number of amides is 1. The average molecular weight is 334 g/mol. The van der Waals surface area contributed by atoms with Crippen LogP contribution in [0.25, 0.3) is 0 Å². The Kier molecular flexibility index (Phi) is 5.78. The van der Waals surface area contributed by atoms with Crippen LogP contribution < -0.4 is 5.73 Å². The number of carbonyl (C=O) groups excluding carboxylic acids is 1. The van der Waals surface area contributed by atoms with Gasteiger partial charge >= 0.3 is 0 Å². The lowest BCUT2D eigenvalue weighted by Crippen LogP contribution is -2.57. The maximum atomic E-state index is 12.5. The maximum absolute atomic E-state index is 12.5. The second-order valence-corrected chi connectivity index (χ2v) is 7.82. The molecule has 0 aromatic carbocycles. The van der Waals surface area contributed by atoms with Gasteiger partial charge in [0, 0.05) is 45.3 Å². The predicted octanol–water partition coefficient (Wildman–Crippen LogP) is -1.31. The van der Waals surface area contributed by atoms with Crippen LogP contribution in [-0.2, 0) is 19.7 Å². The number of morpholine rings is 1. The first-order valence-corrected chi connectivity index (χ1v) is 9.11. The van der Waals surface area contributed by atoms with E-state index in [1.807, 2.05) is 13.8 Å². The molecule has 0 aromatic heterocycles. The molecule has 0 radical (unpaired) electrons. The minimum Gasteiger partial charge on any atom is -0.379 e. The molecule has 0 saturated carbocycles. The fourth-order valence-electron chi connectivity index (χ4n) is 2.59. The van der Waals surface area contributed by atoms with Gasteiger partial charge in [0.15, 0.2) is 0 Å². The summed E-state index contributed by atoms with van der Waals surface area (Å²) in [5.41, 5.74) is 5.77. The van der Waals surface area contributed by atoms with Crippen LogP contribution in [0.1, 0.15) is 13.8 Å². The van der Waals surface area contributed by atoms with Gasteiger partial charge in [-0.05, 0) is 6.92 Å². The van der Waals surface area contributed by atoms with Crippen molar-refractivity contribution in [1.29, 1.82) is 0 Å². The Labute approximate surface area is 132 Å². The highest BCUT2D eigenvalue weighted by Crippen LogP contribution is 2.15. The van der Waals surface area contributed by atoms with Crippen LogP contribution in [0, 0.1) is 5.92 Å². The summed E-state index contributed by atoms with van der Waals surface area (Å²) in [6.07, 6.45) is 0. The SMILES string of the molecule is CC(N)C(C)C(=O)N1CCN(S(=O)(=O)N2CCOCC2)CC1. The highest BCUT2D eigenvalue weighted by atomic mass is 32.2.